The maximum atomic E-state index is 11.1. The number of piperidine rings is 1. The van der Waals surface area contributed by atoms with E-state index in [9.17, 15) is 9.59 Å². The standard InChI is InChI=1S/C13H18N4O2/c14-12(18)7-9-2-5-17(6-3-9)10-1-4-16-11(8-10)13(15)19/h1,4,8-9H,2-3,5-7H2,(H2,14,18)(H2,15,19). The molecule has 6 heteroatoms. The summed E-state index contributed by atoms with van der Waals surface area (Å²) in [6, 6.07) is 3.57. The topological polar surface area (TPSA) is 102 Å². The van der Waals surface area contributed by atoms with Crippen LogP contribution in [0.2, 0.25) is 0 Å². The van der Waals surface area contributed by atoms with Crippen molar-refractivity contribution in [3.63, 3.8) is 0 Å². The first-order valence-corrected chi connectivity index (χ1v) is 6.35. The van der Waals surface area contributed by atoms with E-state index in [2.05, 4.69) is 9.88 Å². The van der Waals surface area contributed by atoms with Crippen LogP contribution in [0.4, 0.5) is 5.69 Å². The molecule has 0 aliphatic carbocycles. The van der Waals surface area contributed by atoms with Gasteiger partial charge in [0.25, 0.3) is 5.91 Å². The zero-order chi connectivity index (χ0) is 13.8. The number of hydrogen-bond acceptors (Lipinski definition) is 4. The summed E-state index contributed by atoms with van der Waals surface area (Å²) >= 11 is 0. The predicted octanol–water partition coefficient (Wildman–Crippen LogP) is 0.272. The molecule has 102 valence electrons. The average Bonchev–Trinajstić information content (AvgIpc) is 2.39. The Morgan fingerprint density at radius 3 is 2.58 bits per heavy atom. The van der Waals surface area contributed by atoms with Gasteiger partial charge in [-0.3, -0.25) is 14.6 Å². The molecule has 0 spiro atoms. The number of aromatic nitrogens is 1. The van der Waals surface area contributed by atoms with E-state index < -0.39 is 5.91 Å². The Labute approximate surface area is 111 Å². The second-order valence-corrected chi connectivity index (χ2v) is 4.86. The van der Waals surface area contributed by atoms with Gasteiger partial charge in [-0.15, -0.1) is 0 Å². The Bertz CT molecular complexity index is 481. The van der Waals surface area contributed by atoms with Crippen molar-refractivity contribution in [1.82, 2.24) is 4.98 Å². The molecule has 0 saturated carbocycles. The van der Waals surface area contributed by atoms with Gasteiger partial charge in [-0.05, 0) is 30.9 Å². The number of pyridine rings is 1. The van der Waals surface area contributed by atoms with E-state index in [1.54, 1.807) is 12.3 Å². The first kappa shape index (κ1) is 13.3. The summed E-state index contributed by atoms with van der Waals surface area (Å²) in [6.07, 6.45) is 3.90. The maximum Gasteiger partial charge on any atom is 0.267 e. The molecular weight excluding hydrogens is 244 g/mol. The number of carbonyl (C=O) groups is 2. The Hall–Kier alpha value is -2.11. The molecule has 1 aromatic heterocycles. The third-order valence-corrected chi connectivity index (χ3v) is 3.47. The highest BCUT2D eigenvalue weighted by Gasteiger charge is 2.21. The molecule has 2 amide bonds. The highest BCUT2D eigenvalue weighted by molar-refractivity contribution is 5.91. The first-order valence-electron chi connectivity index (χ1n) is 6.35. The molecule has 1 aromatic rings. The van der Waals surface area contributed by atoms with E-state index in [-0.39, 0.29) is 11.6 Å². The van der Waals surface area contributed by atoms with Crippen LogP contribution in [0, 0.1) is 5.92 Å². The molecule has 0 radical (unpaired) electrons. The fraction of sp³-hybridized carbons (Fsp3) is 0.462. The normalized spacial score (nSPS) is 16.3. The van der Waals surface area contributed by atoms with E-state index in [0.717, 1.165) is 31.6 Å². The third-order valence-electron chi connectivity index (χ3n) is 3.47. The Morgan fingerprint density at radius 1 is 1.32 bits per heavy atom. The third kappa shape index (κ3) is 3.43. The second-order valence-electron chi connectivity index (χ2n) is 4.86. The van der Waals surface area contributed by atoms with Gasteiger partial charge in [-0.1, -0.05) is 0 Å². The van der Waals surface area contributed by atoms with Gasteiger partial charge in [-0.2, -0.15) is 0 Å². The highest BCUT2D eigenvalue weighted by atomic mass is 16.1. The van der Waals surface area contributed by atoms with Crippen molar-refractivity contribution in [2.75, 3.05) is 18.0 Å². The molecule has 1 fully saturated rings. The van der Waals surface area contributed by atoms with Gasteiger partial charge in [0.2, 0.25) is 5.91 Å². The quantitative estimate of drug-likeness (QED) is 0.813. The van der Waals surface area contributed by atoms with Gasteiger partial charge < -0.3 is 16.4 Å². The molecule has 0 atom stereocenters. The lowest BCUT2D eigenvalue weighted by molar-refractivity contribution is -0.119. The first-order chi connectivity index (χ1) is 9.06. The lowest BCUT2D eigenvalue weighted by atomic mass is 9.93. The summed E-state index contributed by atoms with van der Waals surface area (Å²) in [5.74, 6) is -0.393. The summed E-state index contributed by atoms with van der Waals surface area (Å²) < 4.78 is 0. The highest BCUT2D eigenvalue weighted by Crippen LogP contribution is 2.25. The fourth-order valence-electron chi connectivity index (χ4n) is 2.43. The Balaban J connectivity index is 1.99. The van der Waals surface area contributed by atoms with Crippen LogP contribution in [0.5, 0.6) is 0 Å². The maximum absolute atomic E-state index is 11.1. The molecule has 0 bridgehead atoms. The van der Waals surface area contributed by atoms with Crippen LogP contribution in [0.1, 0.15) is 29.8 Å². The summed E-state index contributed by atoms with van der Waals surface area (Å²) in [5, 5.41) is 0. The van der Waals surface area contributed by atoms with Crippen LogP contribution in [0.3, 0.4) is 0 Å². The summed E-state index contributed by atoms with van der Waals surface area (Å²) in [7, 11) is 0. The van der Waals surface area contributed by atoms with Crippen LogP contribution in [-0.4, -0.2) is 29.9 Å². The van der Waals surface area contributed by atoms with Crippen molar-refractivity contribution < 1.29 is 9.59 Å². The van der Waals surface area contributed by atoms with Crippen LogP contribution in [0.15, 0.2) is 18.3 Å². The molecule has 1 saturated heterocycles. The lowest BCUT2D eigenvalue weighted by Gasteiger charge is -2.33. The zero-order valence-electron chi connectivity index (χ0n) is 10.7. The van der Waals surface area contributed by atoms with Crippen molar-refractivity contribution >= 4 is 17.5 Å². The van der Waals surface area contributed by atoms with Gasteiger partial charge >= 0.3 is 0 Å². The number of primary amides is 2. The summed E-state index contributed by atoms with van der Waals surface area (Å²) in [6.45, 7) is 1.69. The molecule has 0 unspecified atom stereocenters. The van der Waals surface area contributed by atoms with Crippen LogP contribution < -0.4 is 16.4 Å². The number of hydrogen-bond donors (Lipinski definition) is 2. The van der Waals surface area contributed by atoms with Crippen molar-refractivity contribution in [3.8, 4) is 0 Å². The van der Waals surface area contributed by atoms with E-state index in [1.807, 2.05) is 6.07 Å². The van der Waals surface area contributed by atoms with E-state index >= 15 is 0 Å². The van der Waals surface area contributed by atoms with Crippen LogP contribution in [-0.2, 0) is 4.79 Å². The number of carbonyl (C=O) groups excluding carboxylic acids is 2. The van der Waals surface area contributed by atoms with E-state index in [0.29, 0.717) is 12.3 Å². The second kappa shape index (κ2) is 5.69. The molecule has 2 rings (SSSR count). The number of rotatable bonds is 4. The summed E-state index contributed by atoms with van der Waals surface area (Å²) in [5.41, 5.74) is 11.6. The largest absolute Gasteiger partial charge is 0.371 e. The minimum absolute atomic E-state index is 0.238. The van der Waals surface area contributed by atoms with Gasteiger partial charge in [0.05, 0.1) is 0 Å². The predicted molar refractivity (Wildman–Crippen MR) is 71.5 cm³/mol. The molecule has 6 nitrogen and oxygen atoms in total. The van der Waals surface area contributed by atoms with Crippen molar-refractivity contribution in [3.05, 3.63) is 24.0 Å². The van der Waals surface area contributed by atoms with Crippen LogP contribution >= 0.6 is 0 Å². The minimum Gasteiger partial charge on any atom is -0.371 e. The van der Waals surface area contributed by atoms with Gasteiger partial charge in [0.15, 0.2) is 0 Å². The lowest BCUT2D eigenvalue weighted by Crippen LogP contribution is -2.35. The minimum atomic E-state index is -0.523. The van der Waals surface area contributed by atoms with E-state index in [1.165, 1.54) is 0 Å². The smallest absolute Gasteiger partial charge is 0.267 e. The van der Waals surface area contributed by atoms with Crippen LogP contribution in [0.25, 0.3) is 0 Å². The number of nitrogens with zero attached hydrogens (tertiary/aromatic N) is 2. The molecule has 19 heavy (non-hydrogen) atoms. The molecular formula is C13H18N4O2. The van der Waals surface area contributed by atoms with Crippen molar-refractivity contribution in [1.29, 1.82) is 0 Å². The van der Waals surface area contributed by atoms with Gasteiger partial charge in [0, 0.05) is 31.4 Å². The molecule has 4 N–H and O–H groups in total. The number of anilines is 1. The van der Waals surface area contributed by atoms with E-state index in [4.69, 9.17) is 11.5 Å². The van der Waals surface area contributed by atoms with Crippen molar-refractivity contribution in [2.45, 2.75) is 19.3 Å². The molecule has 1 aliphatic rings. The monoisotopic (exact) mass is 262 g/mol. The Morgan fingerprint density at radius 2 is 2.00 bits per heavy atom. The van der Waals surface area contributed by atoms with Gasteiger partial charge in [0.1, 0.15) is 5.69 Å². The fourth-order valence-corrected chi connectivity index (χ4v) is 2.43. The number of amides is 2. The average molecular weight is 262 g/mol. The molecule has 2 heterocycles. The molecule has 0 aromatic carbocycles. The molecule has 1 aliphatic heterocycles. The SMILES string of the molecule is NC(=O)CC1CCN(c2ccnc(C(N)=O)c2)CC1. The Kier molecular flexibility index (Phi) is 3.99. The van der Waals surface area contributed by atoms with Gasteiger partial charge in [-0.25, -0.2) is 0 Å². The number of nitrogens with two attached hydrogens (primary N) is 2. The van der Waals surface area contributed by atoms with Crippen molar-refractivity contribution in [2.24, 2.45) is 17.4 Å². The zero-order valence-corrected chi connectivity index (χ0v) is 10.7. The summed E-state index contributed by atoms with van der Waals surface area (Å²) in [4.78, 5) is 28.1.